The van der Waals surface area contributed by atoms with Gasteiger partial charge in [0, 0.05) is 18.0 Å². The van der Waals surface area contributed by atoms with Crippen molar-refractivity contribution in [1.29, 1.82) is 0 Å². The van der Waals surface area contributed by atoms with Crippen molar-refractivity contribution in [3.05, 3.63) is 0 Å². The molecule has 1 unspecified atom stereocenters. The third-order valence-electron chi connectivity index (χ3n) is 1.75. The Bertz CT molecular complexity index is 126. The van der Waals surface area contributed by atoms with Crippen LogP contribution in [0.1, 0.15) is 27.2 Å². The van der Waals surface area contributed by atoms with Gasteiger partial charge in [0.1, 0.15) is 0 Å². The molecule has 72 valence electrons. The summed E-state index contributed by atoms with van der Waals surface area (Å²) in [6.45, 7) is 9.20. The van der Waals surface area contributed by atoms with E-state index in [1.165, 1.54) is 4.86 Å². The van der Waals surface area contributed by atoms with Crippen LogP contribution in [-0.2, 0) is 0 Å². The largest absolute Gasteiger partial charge is 0.315 e. The monoisotopic (exact) mass is 188 g/mol. The predicted molar refractivity (Wildman–Crippen MR) is 58.9 cm³/mol. The highest BCUT2D eigenvalue weighted by Crippen LogP contribution is 2.01. The van der Waals surface area contributed by atoms with Crippen molar-refractivity contribution < 1.29 is 0 Å². The summed E-state index contributed by atoms with van der Waals surface area (Å²) in [4.78, 5) is 1.18. The summed E-state index contributed by atoms with van der Waals surface area (Å²) in [6.07, 6.45) is 1.07. The van der Waals surface area contributed by atoms with E-state index in [-0.39, 0.29) is 0 Å². The molecule has 0 saturated carbocycles. The molecule has 0 radical (unpaired) electrons. The average Bonchev–Trinajstić information content (AvgIpc) is 2.51. The highest BCUT2D eigenvalue weighted by Gasteiger charge is 2.18. The van der Waals surface area contributed by atoms with Crippen LogP contribution in [0, 0.1) is 0 Å². The molecular formula is C9H20N2S. The molecule has 0 aromatic heterocycles. The molecule has 1 fully saturated rings. The molecule has 1 atom stereocenters. The SMILES string of the molecule is CC.CCNCC1NCCC1=S. The smallest absolute Gasteiger partial charge is 0.0511 e. The van der Waals surface area contributed by atoms with Crippen LogP contribution in [0.25, 0.3) is 0 Å². The van der Waals surface area contributed by atoms with E-state index in [0.29, 0.717) is 6.04 Å². The van der Waals surface area contributed by atoms with Crippen molar-refractivity contribution in [3.8, 4) is 0 Å². The minimum absolute atomic E-state index is 0.454. The lowest BCUT2D eigenvalue weighted by atomic mass is 10.2. The van der Waals surface area contributed by atoms with Gasteiger partial charge < -0.3 is 10.6 Å². The molecule has 1 aliphatic rings. The van der Waals surface area contributed by atoms with Crippen LogP contribution < -0.4 is 10.6 Å². The first-order chi connectivity index (χ1) is 5.84. The summed E-state index contributed by atoms with van der Waals surface area (Å²) < 4.78 is 0. The third kappa shape index (κ3) is 4.14. The van der Waals surface area contributed by atoms with Crippen molar-refractivity contribution in [2.45, 2.75) is 33.2 Å². The van der Waals surface area contributed by atoms with E-state index in [0.717, 1.165) is 26.1 Å². The van der Waals surface area contributed by atoms with E-state index < -0.39 is 0 Å². The zero-order valence-corrected chi connectivity index (χ0v) is 9.13. The third-order valence-corrected chi connectivity index (χ3v) is 2.24. The van der Waals surface area contributed by atoms with Crippen LogP contribution in [0.5, 0.6) is 0 Å². The van der Waals surface area contributed by atoms with Crippen LogP contribution in [-0.4, -0.2) is 30.5 Å². The molecule has 12 heavy (non-hydrogen) atoms. The average molecular weight is 188 g/mol. The van der Waals surface area contributed by atoms with Gasteiger partial charge in [-0.05, 0) is 13.0 Å². The molecule has 3 heteroatoms. The number of hydrogen-bond acceptors (Lipinski definition) is 3. The van der Waals surface area contributed by atoms with Crippen LogP contribution in [0.4, 0.5) is 0 Å². The maximum Gasteiger partial charge on any atom is 0.0511 e. The first-order valence-corrected chi connectivity index (χ1v) is 5.22. The summed E-state index contributed by atoms with van der Waals surface area (Å²) in [5.41, 5.74) is 0. The number of nitrogens with one attached hydrogen (secondary N) is 2. The molecule has 0 amide bonds. The maximum absolute atomic E-state index is 5.15. The summed E-state index contributed by atoms with van der Waals surface area (Å²) in [5.74, 6) is 0. The highest BCUT2D eigenvalue weighted by atomic mass is 32.1. The Kier molecular flexibility index (Phi) is 7.65. The van der Waals surface area contributed by atoms with Gasteiger partial charge in [-0.2, -0.15) is 0 Å². The van der Waals surface area contributed by atoms with E-state index in [9.17, 15) is 0 Å². The van der Waals surface area contributed by atoms with Gasteiger partial charge in [-0.1, -0.05) is 33.0 Å². The fraction of sp³-hybridized carbons (Fsp3) is 0.889. The maximum atomic E-state index is 5.15. The van der Waals surface area contributed by atoms with Gasteiger partial charge >= 0.3 is 0 Å². The second-order valence-electron chi connectivity index (χ2n) is 2.53. The van der Waals surface area contributed by atoms with Gasteiger partial charge in [0.25, 0.3) is 0 Å². The van der Waals surface area contributed by atoms with Gasteiger partial charge in [-0.3, -0.25) is 0 Å². The molecule has 2 nitrogen and oxygen atoms in total. The van der Waals surface area contributed by atoms with Crippen molar-refractivity contribution in [2.24, 2.45) is 0 Å². The Morgan fingerprint density at radius 3 is 2.67 bits per heavy atom. The zero-order chi connectivity index (χ0) is 9.40. The first kappa shape index (κ1) is 12.0. The van der Waals surface area contributed by atoms with Crippen molar-refractivity contribution in [2.75, 3.05) is 19.6 Å². The van der Waals surface area contributed by atoms with Gasteiger partial charge in [-0.15, -0.1) is 0 Å². The predicted octanol–water partition coefficient (Wildman–Crippen LogP) is 1.35. The van der Waals surface area contributed by atoms with Crippen molar-refractivity contribution in [3.63, 3.8) is 0 Å². The molecule has 0 aromatic rings. The molecule has 1 aliphatic heterocycles. The highest BCUT2D eigenvalue weighted by molar-refractivity contribution is 7.80. The van der Waals surface area contributed by atoms with E-state index in [4.69, 9.17) is 12.2 Å². The van der Waals surface area contributed by atoms with E-state index in [1.54, 1.807) is 0 Å². The lowest BCUT2D eigenvalue weighted by Gasteiger charge is -2.09. The molecule has 1 rings (SSSR count). The van der Waals surface area contributed by atoms with Gasteiger partial charge in [0.05, 0.1) is 6.04 Å². The number of hydrogen-bond donors (Lipinski definition) is 2. The Morgan fingerprint density at radius 1 is 1.58 bits per heavy atom. The van der Waals surface area contributed by atoms with E-state index in [1.807, 2.05) is 13.8 Å². The van der Waals surface area contributed by atoms with Crippen LogP contribution >= 0.6 is 12.2 Å². The minimum atomic E-state index is 0.454. The number of likely N-dealkylation sites (N-methyl/N-ethyl adjacent to an activating group) is 1. The molecule has 0 bridgehead atoms. The Labute approximate surface area is 81.1 Å². The minimum Gasteiger partial charge on any atom is -0.315 e. The normalized spacial score (nSPS) is 21.9. The van der Waals surface area contributed by atoms with E-state index in [2.05, 4.69) is 17.6 Å². The summed E-state index contributed by atoms with van der Waals surface area (Å²) in [5, 5.41) is 6.61. The fourth-order valence-corrected chi connectivity index (χ4v) is 1.40. The molecule has 1 heterocycles. The Morgan fingerprint density at radius 2 is 2.25 bits per heavy atom. The molecule has 0 aromatic carbocycles. The van der Waals surface area contributed by atoms with Crippen LogP contribution in [0.3, 0.4) is 0 Å². The topological polar surface area (TPSA) is 24.1 Å². The van der Waals surface area contributed by atoms with Gasteiger partial charge in [0.2, 0.25) is 0 Å². The fourth-order valence-electron chi connectivity index (χ4n) is 1.13. The lowest BCUT2D eigenvalue weighted by molar-refractivity contribution is 0.614. The second kappa shape index (κ2) is 7.65. The van der Waals surface area contributed by atoms with Gasteiger partial charge in [-0.25, -0.2) is 0 Å². The second-order valence-corrected chi connectivity index (χ2v) is 3.06. The van der Waals surface area contributed by atoms with Crippen LogP contribution in [0.15, 0.2) is 0 Å². The molecule has 1 saturated heterocycles. The quantitative estimate of drug-likeness (QED) is 0.654. The number of thiocarbonyl (C=S) groups is 1. The standard InChI is InChI=1S/C7H14N2S.C2H6/c1-2-8-5-6-7(10)3-4-9-6;1-2/h6,8-9H,2-5H2,1H3;1-2H3. The van der Waals surface area contributed by atoms with Crippen molar-refractivity contribution in [1.82, 2.24) is 10.6 Å². The first-order valence-electron chi connectivity index (χ1n) is 4.81. The van der Waals surface area contributed by atoms with Gasteiger partial charge in [0.15, 0.2) is 0 Å². The lowest BCUT2D eigenvalue weighted by Crippen LogP contribution is -2.37. The molecule has 2 N–H and O–H groups in total. The van der Waals surface area contributed by atoms with Crippen molar-refractivity contribution >= 4 is 17.1 Å². The zero-order valence-electron chi connectivity index (χ0n) is 8.31. The summed E-state index contributed by atoms with van der Waals surface area (Å²) in [6, 6.07) is 0.454. The van der Waals surface area contributed by atoms with E-state index >= 15 is 0 Å². The summed E-state index contributed by atoms with van der Waals surface area (Å²) in [7, 11) is 0. The molecule has 0 spiro atoms. The Balaban J connectivity index is 0.000000561. The van der Waals surface area contributed by atoms with Crippen LogP contribution in [0.2, 0.25) is 0 Å². The summed E-state index contributed by atoms with van der Waals surface area (Å²) >= 11 is 5.15. The molecular weight excluding hydrogens is 168 g/mol. The number of rotatable bonds is 3. The Hall–Kier alpha value is 0.01000. The molecule has 0 aliphatic carbocycles.